The average Bonchev–Trinajstić information content (AvgIpc) is 2.45. The molecule has 0 bridgehead atoms. The molecule has 6 nitrogen and oxygen atoms in total. The maximum atomic E-state index is 12.2. The Kier molecular flexibility index (Phi) is 6.32. The van der Waals surface area contributed by atoms with Crippen molar-refractivity contribution in [2.45, 2.75) is 44.6 Å². The van der Waals surface area contributed by atoms with E-state index in [0.717, 1.165) is 31.2 Å². The number of amides is 1. The quantitative estimate of drug-likeness (QED) is 0.656. The van der Waals surface area contributed by atoms with Crippen molar-refractivity contribution in [3.63, 3.8) is 0 Å². The molecule has 1 aliphatic rings. The highest BCUT2D eigenvalue weighted by Gasteiger charge is 2.29. The number of aryl methyl sites for hydroxylation is 1. The van der Waals surface area contributed by atoms with E-state index in [1.54, 1.807) is 13.0 Å². The number of benzene rings is 1. The van der Waals surface area contributed by atoms with Crippen LogP contribution in [0.3, 0.4) is 0 Å². The van der Waals surface area contributed by atoms with Crippen molar-refractivity contribution in [1.82, 2.24) is 5.32 Å². The van der Waals surface area contributed by atoms with E-state index < -0.39 is 10.8 Å². The number of carbonyl (C=O) groups is 1. The lowest BCUT2D eigenvalue weighted by Gasteiger charge is -2.33. The minimum Gasteiger partial charge on any atom is -0.350 e. The molecule has 1 aromatic rings. The second kappa shape index (κ2) is 7.56. The lowest BCUT2D eigenvalue weighted by molar-refractivity contribution is -0.385. The summed E-state index contributed by atoms with van der Waals surface area (Å²) in [6, 6.07) is 4.53. The van der Waals surface area contributed by atoms with Crippen LogP contribution in [-0.4, -0.2) is 22.9 Å². The molecule has 0 aliphatic heterocycles. The third-order valence-corrected chi connectivity index (χ3v) is 4.04. The molecular weight excluding hydrogens is 306 g/mol. The first-order chi connectivity index (χ1) is 9.91. The van der Waals surface area contributed by atoms with E-state index in [0.29, 0.717) is 6.54 Å². The van der Waals surface area contributed by atoms with Gasteiger partial charge in [-0.1, -0.05) is 25.3 Å². The first kappa shape index (κ1) is 18.4. The van der Waals surface area contributed by atoms with Gasteiger partial charge in [-0.15, -0.1) is 12.4 Å². The molecule has 1 fully saturated rings. The Bertz CT molecular complexity index is 557. The molecule has 0 aromatic heterocycles. The van der Waals surface area contributed by atoms with Crippen molar-refractivity contribution in [2.75, 3.05) is 6.54 Å². The van der Waals surface area contributed by atoms with Gasteiger partial charge in [0.15, 0.2) is 0 Å². The molecule has 2 rings (SSSR count). The van der Waals surface area contributed by atoms with E-state index in [1.807, 2.05) is 0 Å². The van der Waals surface area contributed by atoms with Crippen LogP contribution in [0.5, 0.6) is 0 Å². The number of halogens is 1. The van der Waals surface area contributed by atoms with Crippen LogP contribution < -0.4 is 11.1 Å². The topological polar surface area (TPSA) is 98.3 Å². The molecule has 0 heterocycles. The fraction of sp³-hybridized carbons (Fsp3) is 0.533. The molecule has 7 heteroatoms. The first-order valence-corrected chi connectivity index (χ1v) is 7.23. The Hall–Kier alpha value is -1.66. The van der Waals surface area contributed by atoms with Gasteiger partial charge in [0.25, 0.3) is 11.6 Å². The summed E-state index contributed by atoms with van der Waals surface area (Å²) in [5.41, 5.74) is 6.62. The second-order valence-electron chi connectivity index (χ2n) is 5.88. The molecule has 1 aliphatic carbocycles. The van der Waals surface area contributed by atoms with Gasteiger partial charge in [-0.05, 0) is 31.4 Å². The van der Waals surface area contributed by atoms with E-state index >= 15 is 0 Å². The lowest BCUT2D eigenvalue weighted by Crippen LogP contribution is -2.51. The van der Waals surface area contributed by atoms with Gasteiger partial charge in [-0.2, -0.15) is 0 Å². The fourth-order valence-corrected chi connectivity index (χ4v) is 2.78. The van der Waals surface area contributed by atoms with Crippen LogP contribution in [0, 0.1) is 17.0 Å². The standard InChI is InChI=1S/C15H21N3O3.ClH/c1-11-5-6-13(18(20)21)12(9-11)14(19)17-10-15(16)7-3-2-4-8-15;/h5-6,9H,2-4,7-8,10,16H2,1H3,(H,17,19);1H. The zero-order valence-corrected chi connectivity index (χ0v) is 13.4. The van der Waals surface area contributed by atoms with Crippen molar-refractivity contribution in [3.8, 4) is 0 Å². The molecule has 3 N–H and O–H groups in total. The van der Waals surface area contributed by atoms with Gasteiger partial charge in [0.05, 0.1) is 4.92 Å². The molecule has 1 saturated carbocycles. The number of nitrogens with two attached hydrogens (primary N) is 1. The monoisotopic (exact) mass is 327 g/mol. The van der Waals surface area contributed by atoms with Crippen molar-refractivity contribution in [2.24, 2.45) is 5.73 Å². The Morgan fingerprint density at radius 3 is 2.59 bits per heavy atom. The molecule has 0 spiro atoms. The number of hydrogen-bond acceptors (Lipinski definition) is 4. The first-order valence-electron chi connectivity index (χ1n) is 7.23. The number of nitro groups is 1. The zero-order valence-electron chi connectivity index (χ0n) is 12.6. The summed E-state index contributed by atoms with van der Waals surface area (Å²) in [6.07, 6.45) is 5.07. The molecule has 0 atom stereocenters. The predicted molar refractivity (Wildman–Crippen MR) is 87.4 cm³/mol. The number of nitro benzene ring substituents is 1. The Morgan fingerprint density at radius 1 is 1.36 bits per heavy atom. The normalized spacial score (nSPS) is 16.5. The smallest absolute Gasteiger partial charge is 0.282 e. The van der Waals surface area contributed by atoms with Gasteiger partial charge in [0, 0.05) is 18.2 Å². The maximum absolute atomic E-state index is 12.2. The molecule has 1 aromatic carbocycles. The van der Waals surface area contributed by atoms with E-state index in [9.17, 15) is 14.9 Å². The van der Waals surface area contributed by atoms with Crippen LogP contribution in [0.4, 0.5) is 5.69 Å². The van der Waals surface area contributed by atoms with Crippen LogP contribution in [0.2, 0.25) is 0 Å². The molecule has 22 heavy (non-hydrogen) atoms. The van der Waals surface area contributed by atoms with Gasteiger partial charge in [-0.3, -0.25) is 14.9 Å². The number of hydrogen-bond donors (Lipinski definition) is 2. The minimum absolute atomic E-state index is 0. The van der Waals surface area contributed by atoms with Crippen molar-refractivity contribution in [1.29, 1.82) is 0 Å². The fourth-order valence-electron chi connectivity index (χ4n) is 2.78. The molecule has 0 radical (unpaired) electrons. The molecule has 0 unspecified atom stereocenters. The highest BCUT2D eigenvalue weighted by atomic mass is 35.5. The van der Waals surface area contributed by atoms with Crippen LogP contribution in [0.25, 0.3) is 0 Å². The summed E-state index contributed by atoms with van der Waals surface area (Å²) in [5.74, 6) is -0.430. The lowest BCUT2D eigenvalue weighted by atomic mass is 9.82. The Balaban J connectivity index is 0.00000242. The van der Waals surface area contributed by atoms with Crippen molar-refractivity contribution in [3.05, 3.63) is 39.4 Å². The largest absolute Gasteiger partial charge is 0.350 e. The number of rotatable bonds is 4. The van der Waals surface area contributed by atoms with E-state index in [2.05, 4.69) is 5.32 Å². The summed E-state index contributed by atoms with van der Waals surface area (Å²) in [5, 5.41) is 13.8. The molecular formula is C15H22ClN3O3. The highest BCUT2D eigenvalue weighted by Crippen LogP contribution is 2.25. The maximum Gasteiger partial charge on any atom is 0.282 e. The number of carbonyl (C=O) groups excluding carboxylic acids is 1. The highest BCUT2D eigenvalue weighted by molar-refractivity contribution is 5.98. The van der Waals surface area contributed by atoms with Gasteiger partial charge in [0.2, 0.25) is 0 Å². The van der Waals surface area contributed by atoms with Crippen LogP contribution >= 0.6 is 12.4 Å². The van der Waals surface area contributed by atoms with E-state index in [-0.39, 0.29) is 29.2 Å². The second-order valence-corrected chi connectivity index (χ2v) is 5.88. The van der Waals surface area contributed by atoms with Gasteiger partial charge in [-0.25, -0.2) is 0 Å². The van der Waals surface area contributed by atoms with Crippen LogP contribution in [-0.2, 0) is 0 Å². The summed E-state index contributed by atoms with van der Waals surface area (Å²) in [4.78, 5) is 22.7. The molecule has 122 valence electrons. The van der Waals surface area contributed by atoms with Crippen LogP contribution in [0.15, 0.2) is 18.2 Å². The molecule has 1 amide bonds. The van der Waals surface area contributed by atoms with E-state index in [4.69, 9.17) is 5.73 Å². The summed E-state index contributed by atoms with van der Waals surface area (Å²) < 4.78 is 0. The average molecular weight is 328 g/mol. The van der Waals surface area contributed by atoms with Crippen molar-refractivity contribution >= 4 is 24.0 Å². The van der Waals surface area contributed by atoms with Gasteiger partial charge >= 0.3 is 0 Å². The Morgan fingerprint density at radius 2 is 2.00 bits per heavy atom. The van der Waals surface area contributed by atoms with Crippen LogP contribution in [0.1, 0.15) is 48.0 Å². The van der Waals surface area contributed by atoms with E-state index in [1.165, 1.54) is 18.6 Å². The SMILES string of the molecule is Cc1ccc([N+](=O)[O-])c(C(=O)NCC2(N)CCCCC2)c1.Cl. The minimum atomic E-state index is -0.535. The summed E-state index contributed by atoms with van der Waals surface area (Å²) >= 11 is 0. The number of nitrogens with one attached hydrogen (secondary N) is 1. The van der Waals surface area contributed by atoms with Gasteiger partial charge in [0.1, 0.15) is 5.56 Å². The molecule has 0 saturated heterocycles. The summed E-state index contributed by atoms with van der Waals surface area (Å²) in [6.45, 7) is 2.16. The van der Waals surface area contributed by atoms with Crippen molar-refractivity contribution < 1.29 is 9.72 Å². The third kappa shape index (κ3) is 4.42. The summed E-state index contributed by atoms with van der Waals surface area (Å²) in [7, 11) is 0. The third-order valence-electron chi connectivity index (χ3n) is 4.04. The predicted octanol–water partition coefficient (Wildman–Crippen LogP) is 2.72. The zero-order chi connectivity index (χ0) is 15.5. The van der Waals surface area contributed by atoms with Gasteiger partial charge < -0.3 is 11.1 Å². The number of nitrogens with zero attached hydrogens (tertiary/aromatic N) is 1. The Labute approximate surface area is 136 Å².